The second kappa shape index (κ2) is 5.96. The van der Waals surface area contributed by atoms with Gasteiger partial charge in [0.05, 0.1) is 9.85 Å². The van der Waals surface area contributed by atoms with E-state index in [1.54, 1.807) is 18.2 Å². The summed E-state index contributed by atoms with van der Waals surface area (Å²) in [4.78, 5) is -0.293. The highest BCUT2D eigenvalue weighted by Gasteiger charge is 2.19. The Morgan fingerprint density at radius 1 is 0.762 bits per heavy atom. The summed E-state index contributed by atoms with van der Waals surface area (Å²) < 4.78 is 14.2. The van der Waals surface area contributed by atoms with Crippen molar-refractivity contribution in [3.8, 4) is 0 Å². The van der Waals surface area contributed by atoms with E-state index in [9.17, 15) is 4.39 Å². The van der Waals surface area contributed by atoms with E-state index in [1.165, 1.54) is 0 Å². The highest BCUT2D eigenvalue weighted by atomic mass is 79.9. The van der Waals surface area contributed by atoms with Crippen LogP contribution in [-0.2, 0) is 0 Å². The molecule has 0 aromatic heterocycles. The summed E-state index contributed by atoms with van der Waals surface area (Å²) in [6.07, 6.45) is 0. The molecule has 21 heavy (non-hydrogen) atoms. The number of fused-ring (bicyclic) bond motifs is 1. The summed E-state index contributed by atoms with van der Waals surface area (Å²) in [6, 6.07) is 16.6. The molecular weight excluding hydrogens is 374 g/mol. The monoisotopic (exact) mass is 382 g/mol. The van der Waals surface area contributed by atoms with Gasteiger partial charge in [-0.3, -0.25) is 0 Å². The van der Waals surface area contributed by atoms with E-state index in [4.69, 9.17) is 23.2 Å². The van der Waals surface area contributed by atoms with Crippen LogP contribution in [0, 0.1) is 5.82 Å². The van der Waals surface area contributed by atoms with Gasteiger partial charge in [0.2, 0.25) is 0 Å². The first-order chi connectivity index (χ1) is 10.1. The normalized spacial score (nSPS) is 12.6. The maximum absolute atomic E-state index is 14.2. The molecule has 0 saturated heterocycles. The van der Waals surface area contributed by atoms with Gasteiger partial charge in [-0.2, -0.15) is 0 Å². The minimum atomic E-state index is -0.403. The van der Waals surface area contributed by atoms with E-state index >= 15 is 0 Å². The average Bonchev–Trinajstić information content (AvgIpc) is 2.50. The summed E-state index contributed by atoms with van der Waals surface area (Å²) in [5.74, 6) is -0.403. The Balaban J connectivity index is 2.21. The molecule has 3 aromatic rings. The van der Waals surface area contributed by atoms with Crippen LogP contribution in [0.15, 0.2) is 54.6 Å². The van der Waals surface area contributed by atoms with E-state index in [1.807, 2.05) is 36.4 Å². The fourth-order valence-corrected chi connectivity index (χ4v) is 3.55. The zero-order valence-electron chi connectivity index (χ0n) is 10.8. The van der Waals surface area contributed by atoms with E-state index in [2.05, 4.69) is 15.9 Å². The summed E-state index contributed by atoms with van der Waals surface area (Å²) >= 11 is 15.7. The van der Waals surface area contributed by atoms with Gasteiger partial charge in [-0.25, -0.2) is 4.39 Å². The minimum Gasteiger partial charge on any atom is -0.205 e. The van der Waals surface area contributed by atoms with Crippen molar-refractivity contribution in [2.24, 2.45) is 0 Å². The predicted octanol–water partition coefficient (Wildman–Crippen LogP) is 6.77. The Hall–Kier alpha value is -1.09. The van der Waals surface area contributed by atoms with Crippen LogP contribution in [0.3, 0.4) is 0 Å². The second-order valence-electron chi connectivity index (χ2n) is 4.69. The van der Waals surface area contributed by atoms with E-state index in [0.717, 1.165) is 16.3 Å². The predicted molar refractivity (Wildman–Crippen MR) is 91.1 cm³/mol. The number of hydrogen-bond acceptors (Lipinski definition) is 0. The van der Waals surface area contributed by atoms with Crippen LogP contribution >= 0.6 is 39.1 Å². The molecule has 3 rings (SSSR count). The van der Waals surface area contributed by atoms with Crippen LogP contribution in [-0.4, -0.2) is 0 Å². The molecule has 0 spiro atoms. The Morgan fingerprint density at radius 2 is 1.48 bits per heavy atom. The fraction of sp³-hybridized carbons (Fsp3) is 0.0588. The summed E-state index contributed by atoms with van der Waals surface area (Å²) in [5.41, 5.74) is 1.46. The molecule has 0 heterocycles. The van der Waals surface area contributed by atoms with Crippen molar-refractivity contribution in [1.29, 1.82) is 0 Å². The van der Waals surface area contributed by atoms with Gasteiger partial charge in [0.25, 0.3) is 0 Å². The lowest BCUT2D eigenvalue weighted by Gasteiger charge is -2.15. The number of halogens is 4. The second-order valence-corrected chi connectivity index (χ2v) is 6.42. The average molecular weight is 384 g/mol. The van der Waals surface area contributed by atoms with Gasteiger partial charge in [-0.15, -0.1) is 0 Å². The minimum absolute atomic E-state index is 0.121. The van der Waals surface area contributed by atoms with Crippen molar-refractivity contribution in [3.63, 3.8) is 0 Å². The molecule has 1 unspecified atom stereocenters. The first kappa shape index (κ1) is 14.8. The van der Waals surface area contributed by atoms with Crippen LogP contribution in [0.5, 0.6) is 0 Å². The Kier molecular flexibility index (Phi) is 4.21. The van der Waals surface area contributed by atoms with Gasteiger partial charge in [-0.1, -0.05) is 81.6 Å². The highest BCUT2D eigenvalue weighted by molar-refractivity contribution is 9.09. The van der Waals surface area contributed by atoms with Crippen LogP contribution in [0.4, 0.5) is 4.39 Å². The zero-order valence-corrected chi connectivity index (χ0v) is 13.9. The molecule has 1 atom stereocenters. The van der Waals surface area contributed by atoms with Gasteiger partial charge in [0.15, 0.2) is 0 Å². The lowest BCUT2D eigenvalue weighted by Crippen LogP contribution is -1.98. The first-order valence-corrected chi connectivity index (χ1v) is 8.02. The third kappa shape index (κ3) is 2.68. The summed E-state index contributed by atoms with van der Waals surface area (Å²) in [7, 11) is 0. The molecule has 0 N–H and O–H groups in total. The van der Waals surface area contributed by atoms with Crippen LogP contribution < -0.4 is 0 Å². The summed E-state index contributed by atoms with van der Waals surface area (Å²) in [5, 5.41) is 2.74. The smallest absolute Gasteiger partial charge is 0.146 e. The van der Waals surface area contributed by atoms with Crippen molar-refractivity contribution >= 4 is 49.9 Å². The molecule has 0 saturated carbocycles. The molecule has 0 nitrogen and oxygen atoms in total. The molecule has 0 aliphatic rings. The maximum atomic E-state index is 14.2. The maximum Gasteiger partial charge on any atom is 0.146 e. The molecule has 0 aliphatic heterocycles. The fourth-order valence-electron chi connectivity index (χ4n) is 2.39. The molecule has 0 amide bonds. The number of hydrogen-bond donors (Lipinski definition) is 0. The van der Waals surface area contributed by atoms with Gasteiger partial charge in [0.1, 0.15) is 5.82 Å². The number of rotatable bonds is 2. The van der Waals surface area contributed by atoms with E-state index < -0.39 is 5.82 Å². The van der Waals surface area contributed by atoms with E-state index in [-0.39, 0.29) is 9.85 Å². The van der Waals surface area contributed by atoms with Crippen LogP contribution in [0.25, 0.3) is 10.8 Å². The number of benzene rings is 3. The molecule has 0 fully saturated rings. The van der Waals surface area contributed by atoms with Crippen molar-refractivity contribution in [2.45, 2.75) is 4.83 Å². The molecule has 0 bridgehead atoms. The molecular formula is C17H10BrCl2F. The SMILES string of the molecule is Fc1c(Cl)cccc1C(Br)c1ccc(Cl)c2ccccc12. The topological polar surface area (TPSA) is 0 Å². The molecule has 3 aromatic carbocycles. The zero-order chi connectivity index (χ0) is 15.0. The third-order valence-electron chi connectivity index (χ3n) is 3.43. The lowest BCUT2D eigenvalue weighted by atomic mass is 9.98. The molecule has 0 radical (unpaired) electrons. The Labute approximate surface area is 140 Å². The third-order valence-corrected chi connectivity index (χ3v) is 5.04. The summed E-state index contributed by atoms with van der Waals surface area (Å²) in [6.45, 7) is 0. The van der Waals surface area contributed by atoms with E-state index in [0.29, 0.717) is 10.6 Å². The largest absolute Gasteiger partial charge is 0.205 e. The lowest BCUT2D eigenvalue weighted by molar-refractivity contribution is 0.614. The molecule has 0 aliphatic carbocycles. The van der Waals surface area contributed by atoms with Crippen molar-refractivity contribution < 1.29 is 4.39 Å². The van der Waals surface area contributed by atoms with Gasteiger partial charge < -0.3 is 0 Å². The molecule has 4 heteroatoms. The van der Waals surface area contributed by atoms with Gasteiger partial charge >= 0.3 is 0 Å². The quantitative estimate of drug-likeness (QED) is 0.428. The van der Waals surface area contributed by atoms with Crippen molar-refractivity contribution in [3.05, 3.63) is 81.6 Å². The van der Waals surface area contributed by atoms with Crippen LogP contribution in [0.1, 0.15) is 16.0 Å². The number of alkyl halides is 1. The highest BCUT2D eigenvalue weighted by Crippen LogP contribution is 2.39. The van der Waals surface area contributed by atoms with Crippen LogP contribution in [0.2, 0.25) is 10.0 Å². The Morgan fingerprint density at radius 3 is 2.24 bits per heavy atom. The van der Waals surface area contributed by atoms with Crippen molar-refractivity contribution in [2.75, 3.05) is 0 Å². The standard InChI is InChI=1S/C17H10BrCl2F/c18-16(13-6-3-7-15(20)17(13)21)12-8-9-14(19)11-5-2-1-4-10(11)12/h1-9,16H. The van der Waals surface area contributed by atoms with Crippen molar-refractivity contribution in [1.82, 2.24) is 0 Å². The first-order valence-electron chi connectivity index (χ1n) is 6.34. The molecule has 106 valence electrons. The van der Waals surface area contributed by atoms with Gasteiger partial charge in [0, 0.05) is 16.0 Å². The van der Waals surface area contributed by atoms with Gasteiger partial charge in [-0.05, 0) is 23.1 Å². The Bertz CT molecular complexity index is 817.